The van der Waals surface area contributed by atoms with E-state index in [0.29, 0.717) is 6.42 Å². The van der Waals surface area contributed by atoms with Gasteiger partial charge in [-0.1, -0.05) is 30.3 Å². The number of carbonyl (C=O) groups excluding carboxylic acids is 1. The number of carbonyl (C=O) groups is 1. The van der Waals surface area contributed by atoms with Crippen molar-refractivity contribution in [2.75, 3.05) is 7.11 Å². The molecule has 1 aliphatic rings. The first-order chi connectivity index (χ1) is 9.79. The fourth-order valence-electron chi connectivity index (χ4n) is 2.96. The number of fused-ring (bicyclic) bond motifs is 1. The van der Waals surface area contributed by atoms with Crippen molar-refractivity contribution in [1.82, 2.24) is 0 Å². The minimum Gasteiger partial charge on any atom is -0.496 e. The lowest BCUT2D eigenvalue weighted by atomic mass is 9.85. The lowest BCUT2D eigenvalue weighted by molar-refractivity contribution is 0.0972. The number of benzene rings is 2. The van der Waals surface area contributed by atoms with Gasteiger partial charge >= 0.3 is 0 Å². The van der Waals surface area contributed by atoms with Crippen LogP contribution < -0.4 is 4.74 Å². The summed E-state index contributed by atoms with van der Waals surface area (Å²) >= 11 is 0. The van der Waals surface area contributed by atoms with Crippen LogP contribution >= 0.6 is 0 Å². The summed E-state index contributed by atoms with van der Waals surface area (Å²) in [4.78, 5) is 12.0. The van der Waals surface area contributed by atoms with Crippen LogP contribution in [0.5, 0.6) is 5.75 Å². The van der Waals surface area contributed by atoms with E-state index in [9.17, 15) is 4.79 Å². The van der Waals surface area contributed by atoms with E-state index in [1.54, 1.807) is 7.11 Å². The van der Waals surface area contributed by atoms with Gasteiger partial charge in [-0.05, 0) is 36.1 Å². The van der Waals surface area contributed by atoms with Crippen LogP contribution in [-0.2, 0) is 12.8 Å². The maximum Gasteiger partial charge on any atom is 0.163 e. The Balaban J connectivity index is 2.08. The average Bonchev–Trinajstić information content (AvgIpc) is 2.49. The van der Waals surface area contributed by atoms with Crippen molar-refractivity contribution in [3.05, 3.63) is 64.7 Å². The Morgan fingerprint density at radius 2 is 1.85 bits per heavy atom. The molecule has 2 aromatic carbocycles. The summed E-state index contributed by atoms with van der Waals surface area (Å²) in [6.45, 7) is 0. The molecule has 102 valence electrons. The molecule has 0 unspecified atom stereocenters. The maximum absolute atomic E-state index is 12.0. The summed E-state index contributed by atoms with van der Waals surface area (Å²) in [7, 11) is 1.70. The topological polar surface area (TPSA) is 26.3 Å². The SMILES string of the molecule is COc1ccc2c(c1Cc1ccccc1)CCCC2=O. The van der Waals surface area contributed by atoms with Gasteiger partial charge < -0.3 is 4.74 Å². The molecule has 1 aliphatic carbocycles. The van der Waals surface area contributed by atoms with Gasteiger partial charge in [-0.2, -0.15) is 0 Å². The van der Waals surface area contributed by atoms with Crippen LogP contribution in [0.25, 0.3) is 0 Å². The second-order valence-electron chi connectivity index (χ2n) is 5.21. The van der Waals surface area contributed by atoms with Crippen LogP contribution in [0, 0.1) is 0 Å². The molecular formula is C18H18O2. The van der Waals surface area contributed by atoms with E-state index in [-0.39, 0.29) is 5.78 Å². The molecule has 0 heterocycles. The lowest BCUT2D eigenvalue weighted by Crippen LogP contribution is -2.14. The van der Waals surface area contributed by atoms with Gasteiger partial charge in [-0.15, -0.1) is 0 Å². The minimum atomic E-state index is 0.267. The van der Waals surface area contributed by atoms with Crippen molar-refractivity contribution in [2.45, 2.75) is 25.7 Å². The van der Waals surface area contributed by atoms with E-state index in [1.807, 2.05) is 30.3 Å². The number of Topliss-reactive ketones (excluding diaryl/α,β-unsaturated/α-hetero) is 1. The Bertz CT molecular complexity index is 629. The first-order valence-corrected chi connectivity index (χ1v) is 7.05. The highest BCUT2D eigenvalue weighted by molar-refractivity contribution is 5.99. The van der Waals surface area contributed by atoms with Crippen molar-refractivity contribution in [3.63, 3.8) is 0 Å². The van der Waals surface area contributed by atoms with E-state index in [1.165, 1.54) is 16.7 Å². The normalized spacial score (nSPS) is 13.9. The van der Waals surface area contributed by atoms with Crippen LogP contribution in [0.15, 0.2) is 42.5 Å². The van der Waals surface area contributed by atoms with Gasteiger partial charge in [0.1, 0.15) is 5.75 Å². The van der Waals surface area contributed by atoms with Gasteiger partial charge in [-0.3, -0.25) is 4.79 Å². The molecule has 0 aromatic heterocycles. The third-order valence-corrected chi connectivity index (χ3v) is 3.96. The van der Waals surface area contributed by atoms with Crippen molar-refractivity contribution in [1.29, 1.82) is 0 Å². The molecule has 2 aromatic rings. The van der Waals surface area contributed by atoms with E-state index in [2.05, 4.69) is 12.1 Å². The molecule has 0 saturated carbocycles. The third kappa shape index (κ3) is 2.34. The van der Waals surface area contributed by atoms with E-state index in [4.69, 9.17) is 4.74 Å². The maximum atomic E-state index is 12.0. The summed E-state index contributed by atoms with van der Waals surface area (Å²) in [5.74, 6) is 1.16. The van der Waals surface area contributed by atoms with Gasteiger partial charge in [-0.25, -0.2) is 0 Å². The zero-order chi connectivity index (χ0) is 13.9. The lowest BCUT2D eigenvalue weighted by Gasteiger charge is -2.21. The molecule has 0 saturated heterocycles. The molecule has 0 amide bonds. The number of ether oxygens (including phenoxy) is 1. The molecule has 2 heteroatoms. The molecule has 20 heavy (non-hydrogen) atoms. The minimum absolute atomic E-state index is 0.267. The Hall–Kier alpha value is -2.09. The standard InChI is InChI=1S/C18H18O2/c1-20-18-11-10-15-14(8-5-9-17(15)19)16(18)12-13-6-3-2-4-7-13/h2-4,6-7,10-11H,5,8-9,12H2,1H3. The second-order valence-corrected chi connectivity index (χ2v) is 5.21. The summed E-state index contributed by atoms with van der Waals surface area (Å²) in [6, 6.07) is 14.2. The second kappa shape index (κ2) is 5.49. The average molecular weight is 266 g/mol. The molecule has 0 fully saturated rings. The highest BCUT2D eigenvalue weighted by atomic mass is 16.5. The largest absolute Gasteiger partial charge is 0.496 e. The summed E-state index contributed by atoms with van der Waals surface area (Å²) in [5.41, 5.74) is 4.49. The summed E-state index contributed by atoms with van der Waals surface area (Å²) < 4.78 is 5.51. The molecule has 0 N–H and O–H groups in total. The van der Waals surface area contributed by atoms with Gasteiger partial charge in [0.05, 0.1) is 7.11 Å². The number of rotatable bonds is 3. The number of hydrogen-bond donors (Lipinski definition) is 0. The zero-order valence-electron chi connectivity index (χ0n) is 11.7. The molecular weight excluding hydrogens is 248 g/mol. The van der Waals surface area contributed by atoms with Crippen LogP contribution in [-0.4, -0.2) is 12.9 Å². The molecule has 2 nitrogen and oxygen atoms in total. The Kier molecular flexibility index (Phi) is 3.55. The van der Waals surface area contributed by atoms with E-state index in [0.717, 1.165) is 30.6 Å². The van der Waals surface area contributed by atoms with E-state index < -0.39 is 0 Å². The first kappa shape index (κ1) is 12.9. The Morgan fingerprint density at radius 3 is 2.60 bits per heavy atom. The molecule has 3 rings (SSSR count). The molecule has 0 bridgehead atoms. The van der Waals surface area contributed by atoms with Gasteiger partial charge in [0.2, 0.25) is 0 Å². The van der Waals surface area contributed by atoms with Crippen molar-refractivity contribution < 1.29 is 9.53 Å². The number of ketones is 1. The predicted octanol–water partition coefficient (Wildman–Crippen LogP) is 3.81. The smallest absolute Gasteiger partial charge is 0.163 e. The fraction of sp³-hybridized carbons (Fsp3) is 0.278. The van der Waals surface area contributed by atoms with Crippen LogP contribution in [0.1, 0.15) is 39.9 Å². The molecule has 0 atom stereocenters. The monoisotopic (exact) mass is 266 g/mol. The molecule has 0 aliphatic heterocycles. The number of hydrogen-bond acceptors (Lipinski definition) is 2. The third-order valence-electron chi connectivity index (χ3n) is 3.96. The van der Waals surface area contributed by atoms with Gasteiger partial charge in [0.15, 0.2) is 5.78 Å². The number of methoxy groups -OCH3 is 1. The summed E-state index contributed by atoms with van der Waals surface area (Å²) in [5, 5.41) is 0. The van der Waals surface area contributed by atoms with Crippen molar-refractivity contribution in [3.8, 4) is 5.75 Å². The van der Waals surface area contributed by atoms with Crippen molar-refractivity contribution in [2.24, 2.45) is 0 Å². The quantitative estimate of drug-likeness (QED) is 0.844. The molecule has 0 radical (unpaired) electrons. The first-order valence-electron chi connectivity index (χ1n) is 7.05. The van der Waals surface area contributed by atoms with Crippen LogP contribution in [0.3, 0.4) is 0 Å². The van der Waals surface area contributed by atoms with Gasteiger partial charge in [0, 0.05) is 24.0 Å². The Morgan fingerprint density at radius 1 is 1.05 bits per heavy atom. The molecule has 0 spiro atoms. The highest BCUT2D eigenvalue weighted by Crippen LogP contribution is 2.32. The van der Waals surface area contributed by atoms with Crippen LogP contribution in [0.4, 0.5) is 0 Å². The predicted molar refractivity (Wildman–Crippen MR) is 79.5 cm³/mol. The van der Waals surface area contributed by atoms with Crippen LogP contribution in [0.2, 0.25) is 0 Å². The van der Waals surface area contributed by atoms with Gasteiger partial charge in [0.25, 0.3) is 0 Å². The highest BCUT2D eigenvalue weighted by Gasteiger charge is 2.22. The van der Waals surface area contributed by atoms with E-state index >= 15 is 0 Å². The summed E-state index contributed by atoms with van der Waals surface area (Å²) in [6.07, 6.45) is 3.41. The fourth-order valence-corrected chi connectivity index (χ4v) is 2.96. The zero-order valence-corrected chi connectivity index (χ0v) is 11.7. The Labute approximate surface area is 119 Å². The van der Waals surface area contributed by atoms with Crippen molar-refractivity contribution >= 4 is 5.78 Å².